The van der Waals surface area contributed by atoms with Gasteiger partial charge in [0.25, 0.3) is 0 Å². The molecule has 0 spiro atoms. The smallest absolute Gasteiger partial charge is 0.305 e. The van der Waals surface area contributed by atoms with E-state index in [1.54, 1.807) is 0 Å². The second-order valence-corrected chi connectivity index (χ2v) is 5.35. The second-order valence-electron chi connectivity index (χ2n) is 5.35. The Hall–Kier alpha value is -1.14. The molecule has 6 heteroatoms. The molecule has 3 atom stereocenters. The third-order valence-corrected chi connectivity index (χ3v) is 3.39. The molecule has 1 saturated carbocycles. The fourth-order valence-corrected chi connectivity index (χ4v) is 2.46. The van der Waals surface area contributed by atoms with Crippen molar-refractivity contribution in [3.63, 3.8) is 0 Å². The fourth-order valence-electron chi connectivity index (χ4n) is 2.46. The van der Waals surface area contributed by atoms with Gasteiger partial charge in [0.15, 0.2) is 0 Å². The lowest BCUT2D eigenvalue weighted by atomic mass is 9.79. The molecule has 0 aromatic rings. The summed E-state index contributed by atoms with van der Waals surface area (Å²) in [6, 6.07) is -1.06. The molecule has 1 fully saturated rings. The van der Waals surface area contributed by atoms with Crippen LogP contribution >= 0.6 is 0 Å². The van der Waals surface area contributed by atoms with E-state index >= 15 is 0 Å². The van der Waals surface area contributed by atoms with Crippen LogP contribution in [0.4, 0.5) is 0 Å². The summed E-state index contributed by atoms with van der Waals surface area (Å²) in [6.07, 6.45) is 2.94. The van der Waals surface area contributed by atoms with E-state index in [2.05, 4.69) is 12.2 Å². The molecule has 0 aromatic carbocycles. The van der Waals surface area contributed by atoms with E-state index in [1.165, 1.54) is 0 Å². The lowest BCUT2D eigenvalue weighted by Gasteiger charge is -2.35. The molecule has 0 aromatic heterocycles. The van der Waals surface area contributed by atoms with Gasteiger partial charge in [0.2, 0.25) is 5.91 Å². The zero-order valence-corrected chi connectivity index (χ0v) is 10.7. The molecule has 0 aliphatic heterocycles. The van der Waals surface area contributed by atoms with Crippen molar-refractivity contribution < 1.29 is 19.8 Å². The van der Waals surface area contributed by atoms with Gasteiger partial charge in [-0.05, 0) is 18.8 Å². The minimum atomic E-state index is -1.11. The zero-order chi connectivity index (χ0) is 13.8. The first-order chi connectivity index (χ1) is 8.32. The van der Waals surface area contributed by atoms with E-state index in [1.807, 2.05) is 0 Å². The van der Waals surface area contributed by atoms with Crippen LogP contribution < -0.4 is 11.1 Å². The van der Waals surface area contributed by atoms with Gasteiger partial charge in [0, 0.05) is 6.54 Å². The maximum atomic E-state index is 11.5. The molecule has 104 valence electrons. The van der Waals surface area contributed by atoms with E-state index in [-0.39, 0.29) is 6.54 Å². The lowest BCUT2D eigenvalue weighted by Crippen LogP contribution is -2.50. The number of hydrogen-bond donors (Lipinski definition) is 4. The van der Waals surface area contributed by atoms with Gasteiger partial charge < -0.3 is 21.3 Å². The minimum absolute atomic E-state index is 0.142. The van der Waals surface area contributed by atoms with E-state index in [0.717, 1.165) is 12.8 Å². The Morgan fingerprint density at radius 1 is 1.56 bits per heavy atom. The van der Waals surface area contributed by atoms with Crippen LogP contribution in [0.25, 0.3) is 0 Å². The van der Waals surface area contributed by atoms with Crippen LogP contribution in [0.1, 0.15) is 39.0 Å². The Morgan fingerprint density at radius 3 is 2.78 bits per heavy atom. The molecular weight excluding hydrogens is 236 g/mol. The molecule has 18 heavy (non-hydrogen) atoms. The number of amides is 1. The summed E-state index contributed by atoms with van der Waals surface area (Å²) in [5.74, 6) is -1.19. The molecule has 1 aliphatic rings. The first-order valence-corrected chi connectivity index (χ1v) is 6.30. The SMILES string of the molecule is CC1CCCC(O)(CNC(=O)C(N)CC(=O)O)C1. The van der Waals surface area contributed by atoms with Crippen molar-refractivity contribution in [1.29, 1.82) is 0 Å². The summed E-state index contributed by atoms with van der Waals surface area (Å²) in [5, 5.41) is 21.3. The molecule has 6 nitrogen and oxygen atoms in total. The van der Waals surface area contributed by atoms with Gasteiger partial charge in [0.1, 0.15) is 0 Å². The number of rotatable bonds is 5. The van der Waals surface area contributed by atoms with Gasteiger partial charge in [0.05, 0.1) is 18.1 Å². The van der Waals surface area contributed by atoms with Crippen LogP contribution in [0.15, 0.2) is 0 Å². The zero-order valence-electron chi connectivity index (χ0n) is 10.7. The first kappa shape index (κ1) is 14.9. The lowest BCUT2D eigenvalue weighted by molar-refractivity contribution is -0.139. The van der Waals surface area contributed by atoms with Crippen LogP contribution in [0.2, 0.25) is 0 Å². The van der Waals surface area contributed by atoms with E-state index in [4.69, 9.17) is 10.8 Å². The molecular formula is C12H22N2O4. The Balaban J connectivity index is 2.39. The molecule has 0 saturated heterocycles. The maximum Gasteiger partial charge on any atom is 0.305 e. The number of carbonyl (C=O) groups is 2. The summed E-state index contributed by atoms with van der Waals surface area (Å²) >= 11 is 0. The summed E-state index contributed by atoms with van der Waals surface area (Å²) < 4.78 is 0. The molecule has 1 rings (SSSR count). The van der Waals surface area contributed by atoms with Gasteiger partial charge >= 0.3 is 5.97 Å². The molecule has 0 bridgehead atoms. The summed E-state index contributed by atoms with van der Waals surface area (Å²) in [4.78, 5) is 22.0. The Labute approximate surface area is 107 Å². The van der Waals surface area contributed by atoms with Gasteiger partial charge in [-0.2, -0.15) is 0 Å². The molecule has 1 amide bonds. The maximum absolute atomic E-state index is 11.5. The summed E-state index contributed by atoms with van der Waals surface area (Å²) in [7, 11) is 0. The highest BCUT2D eigenvalue weighted by Gasteiger charge is 2.33. The molecule has 0 heterocycles. The van der Waals surface area contributed by atoms with Crippen molar-refractivity contribution in [2.24, 2.45) is 11.7 Å². The van der Waals surface area contributed by atoms with E-state index < -0.39 is 29.9 Å². The van der Waals surface area contributed by atoms with Crippen molar-refractivity contribution in [3.05, 3.63) is 0 Å². The van der Waals surface area contributed by atoms with Crippen molar-refractivity contribution in [1.82, 2.24) is 5.32 Å². The number of aliphatic carboxylic acids is 1. The number of aliphatic hydroxyl groups is 1. The van der Waals surface area contributed by atoms with Crippen molar-refractivity contribution in [2.75, 3.05) is 6.54 Å². The second kappa shape index (κ2) is 6.15. The van der Waals surface area contributed by atoms with Gasteiger partial charge in [-0.1, -0.05) is 19.8 Å². The highest BCUT2D eigenvalue weighted by molar-refractivity contribution is 5.85. The third kappa shape index (κ3) is 4.62. The first-order valence-electron chi connectivity index (χ1n) is 6.30. The average molecular weight is 258 g/mol. The average Bonchev–Trinajstić information content (AvgIpc) is 2.24. The topological polar surface area (TPSA) is 113 Å². The normalized spacial score (nSPS) is 29.6. The Morgan fingerprint density at radius 2 is 2.22 bits per heavy atom. The molecule has 0 radical (unpaired) electrons. The number of carboxylic acids is 1. The van der Waals surface area contributed by atoms with Gasteiger partial charge in [-0.3, -0.25) is 9.59 Å². The predicted octanol–water partition coefficient (Wildman–Crippen LogP) is -0.154. The Bertz CT molecular complexity index is 321. The van der Waals surface area contributed by atoms with Crippen LogP contribution in [0.5, 0.6) is 0 Å². The molecule has 3 unspecified atom stereocenters. The Kier molecular flexibility index (Phi) is 5.10. The van der Waals surface area contributed by atoms with Crippen LogP contribution in [-0.4, -0.2) is 40.3 Å². The number of hydrogen-bond acceptors (Lipinski definition) is 4. The van der Waals surface area contributed by atoms with Crippen molar-refractivity contribution in [3.8, 4) is 0 Å². The molecule has 5 N–H and O–H groups in total. The van der Waals surface area contributed by atoms with E-state index in [0.29, 0.717) is 18.8 Å². The summed E-state index contributed by atoms with van der Waals surface area (Å²) in [5.41, 5.74) is 4.55. The largest absolute Gasteiger partial charge is 0.481 e. The highest BCUT2D eigenvalue weighted by atomic mass is 16.4. The summed E-state index contributed by atoms with van der Waals surface area (Å²) in [6.45, 7) is 2.21. The van der Waals surface area contributed by atoms with Crippen molar-refractivity contribution >= 4 is 11.9 Å². The van der Waals surface area contributed by atoms with Crippen LogP contribution in [-0.2, 0) is 9.59 Å². The minimum Gasteiger partial charge on any atom is -0.481 e. The van der Waals surface area contributed by atoms with Gasteiger partial charge in [-0.15, -0.1) is 0 Å². The number of carboxylic acid groups (broad SMARTS) is 1. The quantitative estimate of drug-likeness (QED) is 0.547. The fraction of sp³-hybridized carbons (Fsp3) is 0.833. The van der Waals surface area contributed by atoms with Crippen LogP contribution in [0, 0.1) is 5.92 Å². The van der Waals surface area contributed by atoms with Crippen LogP contribution in [0.3, 0.4) is 0 Å². The van der Waals surface area contributed by atoms with E-state index in [9.17, 15) is 14.7 Å². The number of nitrogens with two attached hydrogens (primary N) is 1. The van der Waals surface area contributed by atoms with Crippen molar-refractivity contribution in [2.45, 2.75) is 50.7 Å². The number of carbonyl (C=O) groups excluding carboxylic acids is 1. The van der Waals surface area contributed by atoms with Gasteiger partial charge in [-0.25, -0.2) is 0 Å². The monoisotopic (exact) mass is 258 g/mol. The molecule has 1 aliphatic carbocycles. The highest BCUT2D eigenvalue weighted by Crippen LogP contribution is 2.31. The number of nitrogens with one attached hydrogen (secondary N) is 1. The third-order valence-electron chi connectivity index (χ3n) is 3.39. The standard InChI is InChI=1S/C12H22N2O4/c1-8-3-2-4-12(18,6-8)7-14-11(17)9(13)5-10(15)16/h8-9,18H,2-7,13H2,1H3,(H,14,17)(H,15,16). The predicted molar refractivity (Wildman–Crippen MR) is 65.8 cm³/mol.